The molecule has 5 nitrogen and oxygen atoms in total. The smallest absolute Gasteiger partial charge is 0.193 e. The molecule has 2 aromatic carbocycles. The molecule has 0 saturated heterocycles. The van der Waals surface area contributed by atoms with Crippen molar-refractivity contribution < 1.29 is 9.47 Å². The molecule has 27 heavy (non-hydrogen) atoms. The number of rotatable bonds is 8. The highest BCUT2D eigenvalue weighted by molar-refractivity contribution is 5.93. The molecule has 0 heterocycles. The molecule has 0 saturated carbocycles. The maximum absolute atomic E-state index is 6.13. The molecule has 5 heteroatoms. The summed E-state index contributed by atoms with van der Waals surface area (Å²) in [4.78, 5) is 4.50. The summed E-state index contributed by atoms with van der Waals surface area (Å²) in [5, 5.41) is 3.29. The van der Waals surface area contributed by atoms with Crippen molar-refractivity contribution in [2.45, 2.75) is 38.6 Å². The second kappa shape index (κ2) is 9.97. The summed E-state index contributed by atoms with van der Waals surface area (Å²) in [6, 6.07) is 14.4. The molecule has 3 N–H and O–H groups in total. The standard InChI is InChI=1S/C22H29N3O2/c1-26-13-6-14-27-19-10-4-7-17(15-19)16-24-22(23)25-21-12-5-9-18-8-2-3-11-20(18)21/h4-5,7,9-10,12,15H,2-3,6,8,11,13-14,16H2,1H3,(H3,23,24,25). The third-order valence-corrected chi connectivity index (χ3v) is 4.75. The van der Waals surface area contributed by atoms with Crippen LogP contribution in [0.4, 0.5) is 5.69 Å². The molecule has 0 fully saturated rings. The van der Waals surface area contributed by atoms with Gasteiger partial charge in [-0.15, -0.1) is 0 Å². The topological polar surface area (TPSA) is 68.9 Å². The van der Waals surface area contributed by atoms with Gasteiger partial charge in [-0.3, -0.25) is 0 Å². The number of methoxy groups -OCH3 is 1. The number of aliphatic imine (C=N–C) groups is 1. The van der Waals surface area contributed by atoms with Gasteiger partial charge in [0, 0.05) is 25.8 Å². The Morgan fingerprint density at radius 1 is 1.11 bits per heavy atom. The molecule has 144 valence electrons. The van der Waals surface area contributed by atoms with Gasteiger partial charge in [0.15, 0.2) is 5.96 Å². The highest BCUT2D eigenvalue weighted by Crippen LogP contribution is 2.27. The largest absolute Gasteiger partial charge is 0.493 e. The zero-order valence-electron chi connectivity index (χ0n) is 16.0. The van der Waals surface area contributed by atoms with Crippen LogP contribution < -0.4 is 15.8 Å². The molecule has 1 aliphatic rings. The number of benzene rings is 2. The summed E-state index contributed by atoms with van der Waals surface area (Å²) < 4.78 is 10.8. The van der Waals surface area contributed by atoms with Gasteiger partial charge >= 0.3 is 0 Å². The summed E-state index contributed by atoms with van der Waals surface area (Å²) >= 11 is 0. The minimum atomic E-state index is 0.445. The Kier molecular flexibility index (Phi) is 7.11. The Morgan fingerprint density at radius 2 is 1.96 bits per heavy atom. The number of hydrogen-bond acceptors (Lipinski definition) is 3. The zero-order valence-corrected chi connectivity index (χ0v) is 16.0. The van der Waals surface area contributed by atoms with Crippen LogP contribution in [-0.2, 0) is 24.1 Å². The van der Waals surface area contributed by atoms with Crippen molar-refractivity contribution in [3.8, 4) is 5.75 Å². The van der Waals surface area contributed by atoms with E-state index >= 15 is 0 Å². The van der Waals surface area contributed by atoms with Crippen LogP contribution in [0.5, 0.6) is 5.75 Å². The van der Waals surface area contributed by atoms with Gasteiger partial charge in [0.25, 0.3) is 0 Å². The fourth-order valence-corrected chi connectivity index (χ4v) is 3.38. The van der Waals surface area contributed by atoms with E-state index in [4.69, 9.17) is 15.2 Å². The van der Waals surface area contributed by atoms with Crippen LogP contribution in [0.25, 0.3) is 0 Å². The van der Waals surface area contributed by atoms with Gasteiger partial charge in [-0.1, -0.05) is 24.3 Å². The predicted octanol–water partition coefficient (Wildman–Crippen LogP) is 3.91. The molecule has 0 aromatic heterocycles. The van der Waals surface area contributed by atoms with Gasteiger partial charge < -0.3 is 20.5 Å². The number of anilines is 1. The number of hydrogen-bond donors (Lipinski definition) is 2. The van der Waals surface area contributed by atoms with Crippen LogP contribution in [0.2, 0.25) is 0 Å². The quantitative estimate of drug-likeness (QED) is 0.422. The lowest BCUT2D eigenvalue weighted by Gasteiger charge is -2.19. The van der Waals surface area contributed by atoms with Crippen molar-refractivity contribution >= 4 is 11.6 Å². The lowest BCUT2D eigenvalue weighted by Crippen LogP contribution is -2.24. The Hall–Kier alpha value is -2.53. The first-order valence-corrected chi connectivity index (χ1v) is 9.64. The molecule has 0 unspecified atom stereocenters. The van der Waals surface area contributed by atoms with E-state index in [2.05, 4.69) is 28.5 Å². The predicted molar refractivity (Wildman–Crippen MR) is 110 cm³/mol. The normalized spacial score (nSPS) is 13.9. The van der Waals surface area contributed by atoms with E-state index < -0.39 is 0 Å². The molecule has 0 aliphatic heterocycles. The van der Waals surface area contributed by atoms with Crippen molar-refractivity contribution in [3.05, 3.63) is 59.2 Å². The maximum Gasteiger partial charge on any atom is 0.193 e. The number of nitrogens with two attached hydrogens (primary N) is 1. The minimum absolute atomic E-state index is 0.445. The molecule has 3 rings (SSSR count). The van der Waals surface area contributed by atoms with E-state index in [1.807, 2.05) is 24.3 Å². The van der Waals surface area contributed by atoms with E-state index in [9.17, 15) is 0 Å². The summed E-state index contributed by atoms with van der Waals surface area (Å²) in [5.41, 5.74) is 11.1. The van der Waals surface area contributed by atoms with E-state index in [-0.39, 0.29) is 0 Å². The lowest BCUT2D eigenvalue weighted by atomic mass is 9.90. The van der Waals surface area contributed by atoms with E-state index in [1.165, 1.54) is 24.0 Å². The molecular formula is C22H29N3O2. The van der Waals surface area contributed by atoms with Crippen LogP contribution >= 0.6 is 0 Å². The minimum Gasteiger partial charge on any atom is -0.493 e. The summed E-state index contributed by atoms with van der Waals surface area (Å²) in [6.07, 6.45) is 5.63. The maximum atomic E-state index is 6.13. The van der Waals surface area contributed by atoms with E-state index in [0.29, 0.717) is 25.7 Å². The van der Waals surface area contributed by atoms with Gasteiger partial charge in [-0.25, -0.2) is 4.99 Å². The van der Waals surface area contributed by atoms with Crippen molar-refractivity contribution in [1.82, 2.24) is 0 Å². The Balaban J connectivity index is 1.58. The summed E-state index contributed by atoms with van der Waals surface area (Å²) in [5.74, 6) is 1.29. The first-order chi connectivity index (χ1) is 13.3. The number of ether oxygens (including phenoxy) is 2. The van der Waals surface area contributed by atoms with Crippen molar-refractivity contribution in [1.29, 1.82) is 0 Å². The van der Waals surface area contributed by atoms with Crippen LogP contribution in [0.1, 0.15) is 36.0 Å². The molecule has 0 amide bonds. The van der Waals surface area contributed by atoms with Gasteiger partial charge in [0.1, 0.15) is 5.75 Å². The van der Waals surface area contributed by atoms with Crippen LogP contribution in [0.3, 0.4) is 0 Å². The van der Waals surface area contributed by atoms with Gasteiger partial charge in [0.2, 0.25) is 0 Å². The Labute approximate surface area is 161 Å². The van der Waals surface area contributed by atoms with Crippen molar-refractivity contribution in [2.24, 2.45) is 10.7 Å². The molecule has 0 bridgehead atoms. The first-order valence-electron chi connectivity index (χ1n) is 9.64. The monoisotopic (exact) mass is 367 g/mol. The highest BCUT2D eigenvalue weighted by Gasteiger charge is 2.13. The molecule has 2 aromatic rings. The van der Waals surface area contributed by atoms with Gasteiger partial charge in [-0.2, -0.15) is 0 Å². The molecule has 1 aliphatic carbocycles. The molecule has 0 atom stereocenters. The summed E-state index contributed by atoms with van der Waals surface area (Å²) in [7, 11) is 1.70. The average Bonchev–Trinajstić information content (AvgIpc) is 2.70. The lowest BCUT2D eigenvalue weighted by molar-refractivity contribution is 0.172. The summed E-state index contributed by atoms with van der Waals surface area (Å²) in [6.45, 7) is 1.86. The van der Waals surface area contributed by atoms with Crippen molar-refractivity contribution in [3.63, 3.8) is 0 Å². The third-order valence-electron chi connectivity index (χ3n) is 4.75. The van der Waals surface area contributed by atoms with Crippen molar-refractivity contribution in [2.75, 3.05) is 25.6 Å². The zero-order chi connectivity index (χ0) is 18.9. The average molecular weight is 367 g/mol. The molecular weight excluding hydrogens is 338 g/mol. The highest BCUT2D eigenvalue weighted by atomic mass is 16.5. The van der Waals surface area contributed by atoms with E-state index in [1.54, 1.807) is 7.11 Å². The van der Waals surface area contributed by atoms with E-state index in [0.717, 1.165) is 36.3 Å². The van der Waals surface area contributed by atoms with Gasteiger partial charge in [-0.05, 0) is 60.6 Å². The van der Waals surface area contributed by atoms with Gasteiger partial charge in [0.05, 0.1) is 13.2 Å². The SMILES string of the molecule is COCCCOc1cccc(CN=C(N)Nc2cccc3c2CCCC3)c1. The number of guanidine groups is 1. The second-order valence-electron chi connectivity index (χ2n) is 6.82. The number of fused-ring (bicyclic) bond motifs is 1. The number of nitrogens with zero attached hydrogens (tertiary/aromatic N) is 1. The first kappa shape index (κ1) is 19.2. The fourth-order valence-electron chi connectivity index (χ4n) is 3.38. The Morgan fingerprint density at radius 3 is 2.85 bits per heavy atom. The van der Waals surface area contributed by atoms with Crippen LogP contribution in [-0.4, -0.2) is 26.3 Å². The third kappa shape index (κ3) is 5.73. The number of nitrogens with one attached hydrogen (secondary N) is 1. The molecule has 0 radical (unpaired) electrons. The Bertz CT molecular complexity index is 774. The van der Waals surface area contributed by atoms with Crippen LogP contribution in [0.15, 0.2) is 47.5 Å². The second-order valence-corrected chi connectivity index (χ2v) is 6.82. The van der Waals surface area contributed by atoms with Crippen LogP contribution in [0, 0.1) is 0 Å². The number of aryl methyl sites for hydroxylation is 1. The fraction of sp³-hybridized carbons (Fsp3) is 0.409. The molecule has 0 spiro atoms.